The monoisotopic (exact) mass is 376 g/mol. The molecule has 1 spiro atoms. The van der Waals surface area contributed by atoms with Crippen LogP contribution in [0.1, 0.15) is 68.6 Å². The normalized spacial score (nSPS) is 19.0. The zero-order chi connectivity index (χ0) is 19.4. The van der Waals surface area contributed by atoms with Crippen molar-refractivity contribution < 1.29 is 14.3 Å². The molecular formula is C20H32N4O3. The highest BCUT2D eigenvalue weighted by atomic mass is 16.6. The Morgan fingerprint density at radius 1 is 1.22 bits per heavy atom. The summed E-state index contributed by atoms with van der Waals surface area (Å²) in [7, 11) is 1.81. The Morgan fingerprint density at radius 3 is 2.59 bits per heavy atom. The number of likely N-dealkylation sites (tertiary alicyclic amines) is 1. The first-order valence-electron chi connectivity index (χ1n) is 10.3. The van der Waals surface area contributed by atoms with E-state index in [1.807, 2.05) is 29.8 Å². The van der Waals surface area contributed by atoms with Crippen LogP contribution in [-0.4, -0.2) is 63.4 Å². The summed E-state index contributed by atoms with van der Waals surface area (Å²) in [6, 6.07) is 1.88. The number of nitrogens with zero attached hydrogens (tertiary/aromatic N) is 4. The second-order valence-electron chi connectivity index (χ2n) is 7.82. The first-order chi connectivity index (χ1) is 13.0. The second kappa shape index (κ2) is 8.31. The van der Waals surface area contributed by atoms with Crippen LogP contribution in [0, 0.1) is 0 Å². The van der Waals surface area contributed by atoms with Crippen molar-refractivity contribution in [3.05, 3.63) is 17.5 Å². The Labute approximate surface area is 161 Å². The molecule has 7 heteroatoms. The molecule has 27 heavy (non-hydrogen) atoms. The van der Waals surface area contributed by atoms with E-state index < -0.39 is 5.60 Å². The zero-order valence-electron chi connectivity index (χ0n) is 16.9. The number of unbranched alkanes of at least 4 members (excludes halogenated alkanes) is 3. The smallest absolute Gasteiger partial charge is 0.410 e. The lowest BCUT2D eigenvalue weighted by atomic mass is 9.91. The molecule has 0 bridgehead atoms. The van der Waals surface area contributed by atoms with Crippen molar-refractivity contribution in [2.75, 3.05) is 26.2 Å². The highest BCUT2D eigenvalue weighted by Crippen LogP contribution is 2.33. The number of carbonyl (C=O) groups is 2. The molecule has 0 saturated carbocycles. The SMILES string of the molecule is CCCCCCN1CC2(CCN(C(=O)c3cc(CC)nn3C)CC2)OC1=O. The van der Waals surface area contributed by atoms with Crippen LogP contribution in [0.3, 0.4) is 0 Å². The molecule has 0 unspecified atom stereocenters. The molecule has 0 aliphatic carbocycles. The maximum absolute atomic E-state index is 12.8. The van der Waals surface area contributed by atoms with Gasteiger partial charge in [-0.25, -0.2) is 4.79 Å². The summed E-state index contributed by atoms with van der Waals surface area (Å²) in [6.45, 7) is 6.88. The Bertz CT molecular complexity index is 677. The average Bonchev–Trinajstić information content (AvgIpc) is 3.18. The molecule has 150 valence electrons. The molecule has 0 atom stereocenters. The van der Waals surface area contributed by atoms with E-state index in [9.17, 15) is 9.59 Å². The summed E-state index contributed by atoms with van der Waals surface area (Å²) in [5.41, 5.74) is 1.14. The summed E-state index contributed by atoms with van der Waals surface area (Å²) in [4.78, 5) is 28.8. The van der Waals surface area contributed by atoms with Crippen LogP contribution >= 0.6 is 0 Å². The summed E-state index contributed by atoms with van der Waals surface area (Å²) < 4.78 is 7.44. The number of ether oxygens (including phenoxy) is 1. The minimum atomic E-state index is -0.417. The van der Waals surface area contributed by atoms with Gasteiger partial charge in [0.05, 0.1) is 12.2 Å². The number of amides is 2. The Morgan fingerprint density at radius 2 is 1.96 bits per heavy atom. The summed E-state index contributed by atoms with van der Waals surface area (Å²) >= 11 is 0. The molecule has 1 aromatic rings. The predicted molar refractivity (Wildman–Crippen MR) is 103 cm³/mol. The van der Waals surface area contributed by atoms with Gasteiger partial charge >= 0.3 is 6.09 Å². The first-order valence-corrected chi connectivity index (χ1v) is 10.3. The molecule has 0 radical (unpaired) electrons. The van der Waals surface area contributed by atoms with Crippen molar-refractivity contribution in [3.63, 3.8) is 0 Å². The van der Waals surface area contributed by atoms with E-state index in [1.165, 1.54) is 12.8 Å². The number of hydrogen-bond acceptors (Lipinski definition) is 4. The molecule has 1 aromatic heterocycles. The van der Waals surface area contributed by atoms with Gasteiger partial charge in [-0.15, -0.1) is 0 Å². The molecule has 3 heterocycles. The fourth-order valence-corrected chi connectivity index (χ4v) is 4.03. The fourth-order valence-electron chi connectivity index (χ4n) is 4.03. The second-order valence-corrected chi connectivity index (χ2v) is 7.82. The number of aromatic nitrogens is 2. The molecule has 0 aromatic carbocycles. The van der Waals surface area contributed by atoms with Crippen LogP contribution in [0.4, 0.5) is 4.79 Å². The van der Waals surface area contributed by atoms with Crippen molar-refractivity contribution in [2.45, 2.75) is 64.4 Å². The maximum Gasteiger partial charge on any atom is 0.410 e. The van der Waals surface area contributed by atoms with Crippen molar-refractivity contribution in [2.24, 2.45) is 7.05 Å². The van der Waals surface area contributed by atoms with E-state index in [-0.39, 0.29) is 12.0 Å². The van der Waals surface area contributed by atoms with Gasteiger partial charge in [-0.05, 0) is 18.9 Å². The largest absolute Gasteiger partial charge is 0.441 e. The fraction of sp³-hybridized carbons (Fsp3) is 0.750. The minimum absolute atomic E-state index is 0.0142. The van der Waals surface area contributed by atoms with Crippen LogP contribution in [-0.2, 0) is 18.2 Å². The summed E-state index contributed by atoms with van der Waals surface area (Å²) in [5, 5.41) is 4.37. The molecule has 7 nitrogen and oxygen atoms in total. The highest BCUT2D eigenvalue weighted by molar-refractivity contribution is 5.92. The summed E-state index contributed by atoms with van der Waals surface area (Å²) in [5.74, 6) is 0.0142. The molecule has 2 amide bonds. The molecule has 2 fully saturated rings. The standard InChI is InChI=1S/C20H32N4O3/c1-4-6-7-8-11-24-15-20(27-19(24)26)9-12-23(13-10-20)18(25)17-14-16(5-2)21-22(17)3/h14H,4-13,15H2,1-3H3. The molecule has 2 saturated heterocycles. The number of aryl methyl sites for hydroxylation is 2. The third kappa shape index (κ3) is 4.28. The summed E-state index contributed by atoms with van der Waals surface area (Å²) in [6.07, 6.45) is 6.61. The van der Waals surface area contributed by atoms with Gasteiger partial charge in [-0.2, -0.15) is 5.10 Å². The quantitative estimate of drug-likeness (QED) is 0.686. The molecule has 0 N–H and O–H groups in total. The lowest BCUT2D eigenvalue weighted by Gasteiger charge is -2.37. The third-order valence-electron chi connectivity index (χ3n) is 5.80. The van der Waals surface area contributed by atoms with Crippen molar-refractivity contribution in [3.8, 4) is 0 Å². The van der Waals surface area contributed by atoms with Gasteiger partial charge in [0.1, 0.15) is 11.3 Å². The van der Waals surface area contributed by atoms with E-state index in [4.69, 9.17) is 4.74 Å². The van der Waals surface area contributed by atoms with Gasteiger partial charge in [0.15, 0.2) is 0 Å². The van der Waals surface area contributed by atoms with Gasteiger partial charge in [0.2, 0.25) is 0 Å². The van der Waals surface area contributed by atoms with Gasteiger partial charge in [0.25, 0.3) is 5.91 Å². The van der Waals surface area contributed by atoms with E-state index in [0.29, 0.717) is 38.2 Å². The minimum Gasteiger partial charge on any atom is -0.441 e. The molecule has 3 rings (SSSR count). The lowest BCUT2D eigenvalue weighted by Crippen LogP contribution is -2.49. The van der Waals surface area contributed by atoms with Crippen LogP contribution < -0.4 is 0 Å². The number of hydrogen-bond donors (Lipinski definition) is 0. The van der Waals surface area contributed by atoms with E-state index in [0.717, 1.165) is 31.5 Å². The van der Waals surface area contributed by atoms with E-state index in [1.54, 1.807) is 4.68 Å². The number of piperidine rings is 1. The van der Waals surface area contributed by atoms with Crippen LogP contribution in [0.25, 0.3) is 0 Å². The molecular weight excluding hydrogens is 344 g/mol. The van der Waals surface area contributed by atoms with Gasteiger partial charge in [-0.3, -0.25) is 9.48 Å². The Balaban J connectivity index is 1.54. The lowest BCUT2D eigenvalue weighted by molar-refractivity contribution is 0.00284. The predicted octanol–water partition coefficient (Wildman–Crippen LogP) is 2.99. The van der Waals surface area contributed by atoms with Gasteiger partial charge < -0.3 is 14.5 Å². The van der Waals surface area contributed by atoms with Crippen molar-refractivity contribution >= 4 is 12.0 Å². The van der Waals surface area contributed by atoms with Crippen LogP contribution in [0.5, 0.6) is 0 Å². The Hall–Kier alpha value is -2.05. The highest BCUT2D eigenvalue weighted by Gasteiger charge is 2.47. The van der Waals surface area contributed by atoms with Crippen LogP contribution in [0.15, 0.2) is 6.07 Å². The maximum atomic E-state index is 12.8. The first kappa shape index (κ1) is 19.7. The van der Waals surface area contributed by atoms with Crippen LogP contribution in [0.2, 0.25) is 0 Å². The van der Waals surface area contributed by atoms with Crippen molar-refractivity contribution in [1.82, 2.24) is 19.6 Å². The molecule has 2 aliphatic rings. The van der Waals surface area contributed by atoms with E-state index in [2.05, 4.69) is 12.0 Å². The van der Waals surface area contributed by atoms with E-state index >= 15 is 0 Å². The Kier molecular flexibility index (Phi) is 6.07. The zero-order valence-corrected chi connectivity index (χ0v) is 16.9. The third-order valence-corrected chi connectivity index (χ3v) is 5.80. The van der Waals surface area contributed by atoms with Gasteiger partial charge in [0, 0.05) is 39.5 Å². The average molecular weight is 377 g/mol. The molecule has 2 aliphatic heterocycles. The topological polar surface area (TPSA) is 67.7 Å². The number of rotatable bonds is 7. The van der Waals surface area contributed by atoms with Gasteiger partial charge in [-0.1, -0.05) is 33.1 Å². The van der Waals surface area contributed by atoms with Crippen molar-refractivity contribution in [1.29, 1.82) is 0 Å². The number of carbonyl (C=O) groups excluding carboxylic acids is 2.